The minimum atomic E-state index is 0.215. The van der Waals surface area contributed by atoms with E-state index in [1.165, 1.54) is 30.5 Å². The van der Waals surface area contributed by atoms with Crippen molar-refractivity contribution in [1.82, 2.24) is 0 Å². The summed E-state index contributed by atoms with van der Waals surface area (Å²) in [6.45, 7) is 2.19. The van der Waals surface area contributed by atoms with E-state index in [4.69, 9.17) is 0 Å². The molecule has 1 saturated heterocycles. The van der Waals surface area contributed by atoms with Gasteiger partial charge < -0.3 is 4.90 Å². The maximum absolute atomic E-state index is 12.8. The Morgan fingerprint density at radius 2 is 1.58 bits per heavy atom. The Bertz CT molecular complexity index is 712. The Morgan fingerprint density at radius 1 is 0.846 bits per heavy atom. The minimum Gasteiger partial charge on any atom is -0.371 e. The van der Waals surface area contributed by atoms with Crippen molar-refractivity contribution in [3.8, 4) is 0 Å². The third-order valence-corrected chi connectivity index (χ3v) is 6.31. The molecule has 2 aromatic carbocycles. The lowest BCUT2D eigenvalue weighted by Gasteiger charge is -2.42. The van der Waals surface area contributed by atoms with Crippen LogP contribution in [0, 0.1) is 11.8 Å². The summed E-state index contributed by atoms with van der Waals surface area (Å²) in [4.78, 5) is 15.3. The largest absolute Gasteiger partial charge is 0.371 e. The predicted octanol–water partition coefficient (Wildman–Crippen LogP) is 5.45. The summed E-state index contributed by atoms with van der Waals surface area (Å²) in [6.07, 6.45) is 6.58. The number of ketones is 1. The van der Waals surface area contributed by atoms with Crippen LogP contribution in [0.25, 0.3) is 0 Å². The van der Waals surface area contributed by atoms with Crippen molar-refractivity contribution in [3.63, 3.8) is 0 Å². The Labute approximate surface area is 157 Å². The molecule has 2 heteroatoms. The van der Waals surface area contributed by atoms with Crippen LogP contribution in [-0.2, 0) is 4.79 Å². The highest BCUT2D eigenvalue weighted by Crippen LogP contribution is 2.42. The van der Waals surface area contributed by atoms with Crippen LogP contribution in [0.3, 0.4) is 0 Å². The van der Waals surface area contributed by atoms with E-state index in [0.717, 1.165) is 32.4 Å². The van der Waals surface area contributed by atoms with Crippen LogP contribution in [0.1, 0.15) is 50.0 Å². The zero-order valence-corrected chi connectivity index (χ0v) is 15.5. The topological polar surface area (TPSA) is 20.3 Å². The molecule has 2 aromatic rings. The third-order valence-electron chi connectivity index (χ3n) is 6.31. The Balaban J connectivity index is 1.62. The molecule has 2 aliphatic rings. The number of rotatable bonds is 4. The number of Topliss-reactive ketones (excluding diaryl/α,β-unsaturated/α-hetero) is 1. The number of para-hydroxylation sites is 1. The van der Waals surface area contributed by atoms with Crippen molar-refractivity contribution in [2.45, 2.75) is 44.4 Å². The molecule has 0 amide bonds. The smallest absolute Gasteiger partial charge is 0.136 e. The third kappa shape index (κ3) is 3.70. The molecule has 0 aromatic heterocycles. The van der Waals surface area contributed by atoms with Crippen LogP contribution in [0.15, 0.2) is 60.7 Å². The number of carbonyl (C=O) groups excluding carboxylic acids is 1. The molecule has 0 bridgehead atoms. The van der Waals surface area contributed by atoms with Gasteiger partial charge in [-0.2, -0.15) is 0 Å². The average Bonchev–Trinajstić information content (AvgIpc) is 2.71. The number of hydrogen-bond acceptors (Lipinski definition) is 2. The van der Waals surface area contributed by atoms with E-state index >= 15 is 0 Å². The van der Waals surface area contributed by atoms with Crippen LogP contribution in [0.2, 0.25) is 0 Å². The highest BCUT2D eigenvalue weighted by Gasteiger charge is 2.38. The second-order valence-electron chi connectivity index (χ2n) is 7.94. The molecule has 1 saturated carbocycles. The fourth-order valence-electron chi connectivity index (χ4n) is 5.07. The van der Waals surface area contributed by atoms with Gasteiger partial charge in [0.2, 0.25) is 0 Å². The second kappa shape index (κ2) is 8.07. The van der Waals surface area contributed by atoms with Gasteiger partial charge in [0, 0.05) is 31.1 Å². The number of hydrogen-bond donors (Lipinski definition) is 0. The van der Waals surface area contributed by atoms with E-state index in [2.05, 4.69) is 65.6 Å². The molecule has 3 atom stereocenters. The van der Waals surface area contributed by atoms with Gasteiger partial charge in [0.1, 0.15) is 5.78 Å². The summed E-state index contributed by atoms with van der Waals surface area (Å²) in [6, 6.07) is 21.6. The fraction of sp³-hybridized carbons (Fsp3) is 0.458. The number of carbonyl (C=O) groups is 1. The molecule has 2 nitrogen and oxygen atoms in total. The van der Waals surface area contributed by atoms with Crippen LogP contribution in [0.4, 0.5) is 5.69 Å². The molecule has 136 valence electrons. The van der Waals surface area contributed by atoms with Crippen molar-refractivity contribution >= 4 is 11.5 Å². The summed E-state index contributed by atoms with van der Waals surface area (Å²) in [7, 11) is 0. The van der Waals surface area contributed by atoms with Gasteiger partial charge >= 0.3 is 0 Å². The Hall–Kier alpha value is -2.09. The van der Waals surface area contributed by atoms with Crippen molar-refractivity contribution in [2.24, 2.45) is 11.8 Å². The van der Waals surface area contributed by atoms with E-state index in [-0.39, 0.29) is 5.92 Å². The predicted molar refractivity (Wildman–Crippen MR) is 108 cm³/mol. The monoisotopic (exact) mass is 347 g/mol. The van der Waals surface area contributed by atoms with Crippen molar-refractivity contribution in [3.05, 3.63) is 66.2 Å². The van der Waals surface area contributed by atoms with Gasteiger partial charge in [0.25, 0.3) is 0 Å². The lowest BCUT2D eigenvalue weighted by molar-refractivity contribution is -0.125. The molecule has 1 aliphatic heterocycles. The van der Waals surface area contributed by atoms with E-state index in [9.17, 15) is 4.79 Å². The summed E-state index contributed by atoms with van der Waals surface area (Å²) >= 11 is 0. The molecule has 0 spiro atoms. The highest BCUT2D eigenvalue weighted by molar-refractivity contribution is 5.82. The number of piperidine rings is 1. The first-order chi connectivity index (χ1) is 12.8. The second-order valence-corrected chi connectivity index (χ2v) is 7.94. The molecule has 0 radical (unpaired) electrons. The molecule has 0 N–H and O–H groups in total. The Morgan fingerprint density at radius 3 is 2.31 bits per heavy atom. The normalized spacial score (nSPS) is 25.1. The van der Waals surface area contributed by atoms with E-state index in [1.54, 1.807) is 0 Å². The van der Waals surface area contributed by atoms with Crippen molar-refractivity contribution in [2.75, 3.05) is 18.0 Å². The Kier molecular flexibility index (Phi) is 5.38. The zero-order chi connectivity index (χ0) is 17.8. The first-order valence-electron chi connectivity index (χ1n) is 10.2. The van der Waals surface area contributed by atoms with Gasteiger partial charge in [-0.15, -0.1) is 0 Å². The van der Waals surface area contributed by atoms with Crippen LogP contribution >= 0.6 is 0 Å². The van der Waals surface area contributed by atoms with Crippen LogP contribution in [-0.4, -0.2) is 18.9 Å². The zero-order valence-electron chi connectivity index (χ0n) is 15.5. The maximum atomic E-state index is 12.8. The molecule has 1 aliphatic carbocycles. The number of anilines is 1. The first-order valence-corrected chi connectivity index (χ1v) is 10.2. The summed E-state index contributed by atoms with van der Waals surface area (Å²) < 4.78 is 0. The van der Waals surface area contributed by atoms with Gasteiger partial charge in [-0.25, -0.2) is 0 Å². The fourth-order valence-corrected chi connectivity index (χ4v) is 5.07. The van der Waals surface area contributed by atoms with Gasteiger partial charge in [-0.3, -0.25) is 4.79 Å². The van der Waals surface area contributed by atoms with E-state index in [0.29, 0.717) is 17.6 Å². The van der Waals surface area contributed by atoms with E-state index in [1.807, 2.05) is 0 Å². The average molecular weight is 348 g/mol. The maximum Gasteiger partial charge on any atom is 0.136 e. The molecule has 4 rings (SSSR count). The van der Waals surface area contributed by atoms with Crippen LogP contribution < -0.4 is 4.90 Å². The van der Waals surface area contributed by atoms with Crippen molar-refractivity contribution < 1.29 is 4.79 Å². The van der Waals surface area contributed by atoms with Gasteiger partial charge in [-0.1, -0.05) is 55.0 Å². The molecule has 0 unspecified atom stereocenters. The molecule has 1 heterocycles. The lowest BCUT2D eigenvalue weighted by Crippen LogP contribution is -2.41. The molecular formula is C24H29NO. The molecule has 26 heavy (non-hydrogen) atoms. The van der Waals surface area contributed by atoms with E-state index < -0.39 is 0 Å². The van der Waals surface area contributed by atoms with Gasteiger partial charge in [0.05, 0.1) is 0 Å². The summed E-state index contributed by atoms with van der Waals surface area (Å²) in [5, 5.41) is 0. The molecular weight excluding hydrogens is 318 g/mol. The highest BCUT2D eigenvalue weighted by atomic mass is 16.1. The SMILES string of the molecule is O=C1CCCC[C@H]1[C@H](c1ccccc1)[C@@H]1CCCN(c2ccccc2)C1. The summed E-state index contributed by atoms with van der Waals surface area (Å²) in [5.41, 5.74) is 2.69. The minimum absolute atomic E-state index is 0.215. The van der Waals surface area contributed by atoms with Gasteiger partial charge in [-0.05, 0) is 55.2 Å². The lowest BCUT2D eigenvalue weighted by atomic mass is 9.68. The summed E-state index contributed by atoms with van der Waals surface area (Å²) in [5.74, 6) is 1.64. The molecule has 2 fully saturated rings. The number of benzene rings is 2. The first kappa shape index (κ1) is 17.3. The van der Waals surface area contributed by atoms with Crippen LogP contribution in [0.5, 0.6) is 0 Å². The standard InChI is InChI=1S/C24H29NO/c26-23-16-8-7-15-22(23)24(19-10-3-1-4-11-19)20-12-9-17-25(18-20)21-13-5-2-6-14-21/h1-6,10-11,13-14,20,22,24H,7-9,12,15-18H2/t20-,22-,24-/m1/s1. The van der Waals surface area contributed by atoms with Gasteiger partial charge in [0.15, 0.2) is 0 Å². The van der Waals surface area contributed by atoms with Crippen molar-refractivity contribution in [1.29, 1.82) is 0 Å². The quantitative estimate of drug-likeness (QED) is 0.733. The number of nitrogens with zero attached hydrogens (tertiary/aromatic N) is 1.